The van der Waals surface area contributed by atoms with E-state index in [1.807, 2.05) is 24.3 Å². The van der Waals surface area contributed by atoms with Gasteiger partial charge in [-0.25, -0.2) is 13.8 Å². The van der Waals surface area contributed by atoms with Crippen LogP contribution in [0.1, 0.15) is 5.56 Å². The third kappa shape index (κ3) is 1.30. The van der Waals surface area contributed by atoms with Gasteiger partial charge in [0.1, 0.15) is 0 Å². The number of para-hydroxylation sites is 1. The minimum absolute atomic E-state index is 0.233. The lowest BCUT2D eigenvalue weighted by Crippen LogP contribution is -2.39. The third-order valence-electron chi connectivity index (χ3n) is 1.91. The number of carbonyl (C=O) groups excluding carboxylic acids is 1. The lowest BCUT2D eigenvalue weighted by molar-refractivity contribution is -0.0484. The highest BCUT2D eigenvalue weighted by Crippen LogP contribution is 2.29. The van der Waals surface area contributed by atoms with Crippen LogP contribution in [0.3, 0.4) is 0 Å². The van der Waals surface area contributed by atoms with E-state index in [0.29, 0.717) is 5.06 Å². The third-order valence-corrected chi connectivity index (χ3v) is 2.60. The Morgan fingerprint density at radius 1 is 1.38 bits per heavy atom. The SMILES string of the molecule is O=C1N(O)Cc2ccccc2N1Br. The van der Waals surface area contributed by atoms with E-state index >= 15 is 0 Å². The molecule has 1 aliphatic rings. The normalized spacial score (nSPS) is 16.0. The number of halogens is 1. The van der Waals surface area contributed by atoms with E-state index in [0.717, 1.165) is 11.3 Å². The molecule has 0 aliphatic carbocycles. The standard InChI is InChI=1S/C8H7BrN2O2/c9-11-7-4-2-1-3-6(7)5-10(13)8(11)12/h1-4,13H,5H2. The molecule has 0 saturated heterocycles. The van der Waals surface area contributed by atoms with Crippen molar-refractivity contribution in [2.45, 2.75) is 6.54 Å². The molecule has 1 aromatic carbocycles. The molecule has 1 aliphatic heterocycles. The number of hydrogen-bond acceptors (Lipinski definition) is 2. The molecule has 5 heteroatoms. The molecular formula is C8H7BrN2O2. The summed E-state index contributed by atoms with van der Waals surface area (Å²) >= 11 is 3.07. The van der Waals surface area contributed by atoms with Crippen molar-refractivity contribution in [3.05, 3.63) is 29.8 Å². The summed E-state index contributed by atoms with van der Waals surface area (Å²) in [6.45, 7) is 0.233. The van der Waals surface area contributed by atoms with Gasteiger partial charge in [0.15, 0.2) is 0 Å². The summed E-state index contributed by atoms with van der Waals surface area (Å²) in [7, 11) is 0. The predicted molar refractivity (Wildman–Crippen MR) is 50.6 cm³/mol. The Bertz CT molecular complexity index is 356. The number of rotatable bonds is 0. The summed E-state index contributed by atoms with van der Waals surface area (Å²) in [5.41, 5.74) is 1.68. The lowest BCUT2D eigenvalue weighted by atomic mass is 10.1. The van der Waals surface area contributed by atoms with Crippen molar-refractivity contribution in [3.63, 3.8) is 0 Å². The molecule has 0 unspecified atom stereocenters. The monoisotopic (exact) mass is 242 g/mol. The van der Waals surface area contributed by atoms with Crippen molar-refractivity contribution in [1.29, 1.82) is 0 Å². The van der Waals surface area contributed by atoms with E-state index in [4.69, 9.17) is 0 Å². The maximum Gasteiger partial charge on any atom is 0.358 e. The first-order valence-electron chi connectivity index (χ1n) is 3.74. The average molecular weight is 243 g/mol. The average Bonchev–Trinajstić information content (AvgIpc) is 2.15. The van der Waals surface area contributed by atoms with Gasteiger partial charge in [0, 0.05) is 0 Å². The van der Waals surface area contributed by atoms with Crippen LogP contribution in [0.4, 0.5) is 10.5 Å². The molecule has 2 rings (SSSR count). The van der Waals surface area contributed by atoms with Crippen LogP contribution in [0.15, 0.2) is 24.3 Å². The van der Waals surface area contributed by atoms with Crippen molar-refractivity contribution in [2.24, 2.45) is 0 Å². The Balaban J connectivity index is 2.49. The molecule has 2 amide bonds. The zero-order valence-corrected chi connectivity index (χ0v) is 8.23. The molecule has 0 fully saturated rings. The van der Waals surface area contributed by atoms with Crippen LogP contribution < -0.4 is 3.93 Å². The van der Waals surface area contributed by atoms with Crippen molar-refractivity contribution < 1.29 is 10.0 Å². The van der Waals surface area contributed by atoms with Gasteiger partial charge in [-0.1, -0.05) is 18.2 Å². The summed E-state index contributed by atoms with van der Waals surface area (Å²) < 4.78 is 1.24. The number of anilines is 1. The van der Waals surface area contributed by atoms with Crippen LogP contribution >= 0.6 is 16.1 Å². The second kappa shape index (κ2) is 3.01. The fourth-order valence-electron chi connectivity index (χ4n) is 1.27. The molecule has 1 N–H and O–H groups in total. The lowest BCUT2D eigenvalue weighted by Gasteiger charge is -2.28. The molecule has 0 radical (unpaired) electrons. The van der Waals surface area contributed by atoms with Gasteiger partial charge in [0.25, 0.3) is 0 Å². The fourth-order valence-corrected chi connectivity index (χ4v) is 1.80. The first-order chi connectivity index (χ1) is 6.20. The van der Waals surface area contributed by atoms with Crippen LogP contribution in [-0.4, -0.2) is 16.3 Å². The summed E-state index contributed by atoms with van der Waals surface area (Å²) in [6, 6.07) is 6.91. The van der Waals surface area contributed by atoms with Gasteiger partial charge in [-0.3, -0.25) is 5.21 Å². The number of hydrogen-bond donors (Lipinski definition) is 1. The molecule has 0 bridgehead atoms. The summed E-state index contributed by atoms with van der Waals surface area (Å²) in [4.78, 5) is 11.2. The second-order valence-corrected chi connectivity index (χ2v) is 3.46. The van der Waals surface area contributed by atoms with Crippen molar-refractivity contribution >= 4 is 27.9 Å². The number of carbonyl (C=O) groups is 1. The van der Waals surface area contributed by atoms with Crippen LogP contribution in [0.2, 0.25) is 0 Å². The van der Waals surface area contributed by atoms with E-state index in [9.17, 15) is 10.0 Å². The number of nitrogens with zero attached hydrogens (tertiary/aromatic N) is 2. The van der Waals surface area contributed by atoms with Gasteiger partial charge < -0.3 is 0 Å². The first-order valence-corrected chi connectivity index (χ1v) is 4.45. The van der Waals surface area contributed by atoms with E-state index in [1.165, 1.54) is 3.93 Å². The van der Waals surface area contributed by atoms with Crippen LogP contribution in [-0.2, 0) is 6.54 Å². The van der Waals surface area contributed by atoms with Crippen LogP contribution in [0, 0.1) is 0 Å². The van der Waals surface area contributed by atoms with Crippen molar-refractivity contribution in [1.82, 2.24) is 5.06 Å². The van der Waals surface area contributed by atoms with Crippen molar-refractivity contribution in [2.75, 3.05) is 3.93 Å². The van der Waals surface area contributed by atoms with E-state index in [1.54, 1.807) is 0 Å². The van der Waals surface area contributed by atoms with Crippen LogP contribution in [0.25, 0.3) is 0 Å². The minimum Gasteiger partial charge on any atom is -0.284 e. The zero-order chi connectivity index (χ0) is 9.42. The minimum atomic E-state index is -0.473. The predicted octanol–water partition coefficient (Wildman–Crippen LogP) is 2.13. The molecule has 0 atom stereocenters. The summed E-state index contributed by atoms with van der Waals surface area (Å²) in [5.74, 6) is 0. The molecular weight excluding hydrogens is 236 g/mol. The first kappa shape index (κ1) is 8.52. The van der Waals surface area contributed by atoms with Gasteiger partial charge in [-0.2, -0.15) is 0 Å². The quantitative estimate of drug-likeness (QED) is 0.560. The molecule has 0 saturated carbocycles. The largest absolute Gasteiger partial charge is 0.358 e. The molecule has 13 heavy (non-hydrogen) atoms. The maximum absolute atomic E-state index is 11.2. The number of fused-ring (bicyclic) bond motifs is 1. The van der Waals surface area contributed by atoms with Gasteiger partial charge in [0.05, 0.1) is 28.4 Å². The fraction of sp³-hybridized carbons (Fsp3) is 0.125. The zero-order valence-electron chi connectivity index (χ0n) is 6.64. The molecule has 0 aromatic heterocycles. The highest BCUT2D eigenvalue weighted by molar-refractivity contribution is 9.10. The Hall–Kier alpha value is -1.07. The number of urea groups is 1. The molecule has 0 spiro atoms. The Kier molecular flexibility index (Phi) is 1.97. The Labute approximate surface area is 83.7 Å². The van der Waals surface area contributed by atoms with Gasteiger partial charge in [0.2, 0.25) is 0 Å². The molecule has 68 valence electrons. The number of benzene rings is 1. The van der Waals surface area contributed by atoms with E-state index < -0.39 is 6.03 Å². The van der Waals surface area contributed by atoms with Crippen LogP contribution in [0.5, 0.6) is 0 Å². The smallest absolute Gasteiger partial charge is 0.284 e. The van der Waals surface area contributed by atoms with Crippen molar-refractivity contribution in [3.8, 4) is 0 Å². The molecule has 1 aromatic rings. The van der Waals surface area contributed by atoms with Gasteiger partial charge in [-0.05, 0) is 11.6 Å². The summed E-state index contributed by atoms with van der Waals surface area (Å²) in [5, 5.41) is 9.87. The van der Waals surface area contributed by atoms with E-state index in [2.05, 4.69) is 16.1 Å². The molecule has 4 nitrogen and oxygen atoms in total. The second-order valence-electron chi connectivity index (χ2n) is 2.75. The molecule has 1 heterocycles. The Morgan fingerprint density at radius 2 is 2.08 bits per heavy atom. The highest BCUT2D eigenvalue weighted by atomic mass is 79.9. The number of hydroxylamine groups is 2. The van der Waals surface area contributed by atoms with Gasteiger partial charge in [-0.15, -0.1) is 0 Å². The summed E-state index contributed by atoms with van der Waals surface area (Å²) in [6.07, 6.45) is 0. The Morgan fingerprint density at radius 3 is 2.85 bits per heavy atom. The van der Waals surface area contributed by atoms with E-state index in [-0.39, 0.29) is 6.54 Å². The maximum atomic E-state index is 11.2. The van der Waals surface area contributed by atoms with Gasteiger partial charge >= 0.3 is 6.03 Å². The topological polar surface area (TPSA) is 43.8 Å². The highest BCUT2D eigenvalue weighted by Gasteiger charge is 2.27. The number of amides is 2.